The lowest BCUT2D eigenvalue weighted by atomic mass is 9.96. The summed E-state index contributed by atoms with van der Waals surface area (Å²) in [6.07, 6.45) is -1.87. The zero-order valence-electron chi connectivity index (χ0n) is 27.9. The topological polar surface area (TPSA) is 114 Å². The monoisotopic (exact) mass is 718 g/mol. The van der Waals surface area contributed by atoms with Crippen LogP contribution in [0.1, 0.15) is 55.7 Å². The van der Waals surface area contributed by atoms with Gasteiger partial charge < -0.3 is 29.5 Å². The number of para-hydroxylation sites is 2. The van der Waals surface area contributed by atoms with Crippen LogP contribution >= 0.6 is 11.6 Å². The molecule has 270 valence electrons. The predicted molar refractivity (Wildman–Crippen MR) is 180 cm³/mol. The lowest BCUT2D eigenvalue weighted by molar-refractivity contribution is -0.143. The molecule has 0 saturated carbocycles. The molecule has 2 unspecified atom stereocenters. The molecule has 4 aliphatic heterocycles. The minimum absolute atomic E-state index is 0.00382. The molecular formula is C35H42ClF3N6O5. The second-order valence-electron chi connectivity index (χ2n) is 14.1. The fraction of sp³-hybridized carbons (Fsp3) is 0.571. The van der Waals surface area contributed by atoms with Gasteiger partial charge in [-0.15, -0.1) is 0 Å². The van der Waals surface area contributed by atoms with Gasteiger partial charge in [-0.1, -0.05) is 23.7 Å². The average molecular weight is 719 g/mol. The van der Waals surface area contributed by atoms with Gasteiger partial charge in [0.1, 0.15) is 5.75 Å². The highest BCUT2D eigenvalue weighted by Crippen LogP contribution is 2.41. The van der Waals surface area contributed by atoms with Gasteiger partial charge in [0.05, 0.1) is 21.6 Å². The molecule has 50 heavy (non-hydrogen) atoms. The Morgan fingerprint density at radius 1 is 0.940 bits per heavy atom. The zero-order chi connectivity index (χ0) is 35.3. The molecule has 0 radical (unpaired) electrons. The number of hydrogen-bond donors (Lipinski definition) is 2. The number of aromatic amines is 1. The number of carbonyl (C=O) groups excluding carboxylic acids is 2. The van der Waals surface area contributed by atoms with E-state index in [1.54, 1.807) is 9.47 Å². The number of phenolic OH excluding ortho intramolecular Hbond substituents is 1. The van der Waals surface area contributed by atoms with Crippen molar-refractivity contribution in [1.29, 1.82) is 0 Å². The first kappa shape index (κ1) is 34.7. The molecule has 7 rings (SSSR count). The molecule has 1 aromatic heterocycles. The van der Waals surface area contributed by atoms with Crippen LogP contribution in [-0.4, -0.2) is 117 Å². The van der Waals surface area contributed by atoms with Gasteiger partial charge in [-0.05, 0) is 75.4 Å². The molecule has 3 atom stereocenters. The van der Waals surface area contributed by atoms with E-state index in [1.807, 2.05) is 24.3 Å². The molecule has 4 fully saturated rings. The summed E-state index contributed by atoms with van der Waals surface area (Å²) in [4.78, 5) is 51.2. The van der Waals surface area contributed by atoms with E-state index in [9.17, 15) is 32.7 Å². The van der Waals surface area contributed by atoms with Crippen molar-refractivity contribution in [3.63, 3.8) is 0 Å². The van der Waals surface area contributed by atoms with Gasteiger partial charge >= 0.3 is 18.0 Å². The standard InChI is InChI=1S/C35H42ClF3N6O5/c1-41-23-6-7-24(41)20-25(19-23)42-12-14-43(15-13-42)32(47)30(18-21-16-26(35(37,38)39)31(46)27(36)17-21)50-34(49)44-10-8-22(9-11-44)45-29-5-3-2-4-28(29)40-33(45)48/h2-5,16-17,22-25,30,46H,6-15,18-20H2,1H3,(H,40,48)/t23?,24?,25?,30-/m1/s1. The van der Waals surface area contributed by atoms with Gasteiger partial charge in [0, 0.05) is 69.9 Å². The number of imidazole rings is 1. The third kappa shape index (κ3) is 6.81. The number of carbonyl (C=O) groups is 2. The molecule has 0 aliphatic carbocycles. The lowest BCUT2D eigenvalue weighted by Crippen LogP contribution is -2.57. The van der Waals surface area contributed by atoms with Crippen LogP contribution in [-0.2, 0) is 22.1 Å². The molecule has 11 nitrogen and oxygen atoms in total. The van der Waals surface area contributed by atoms with E-state index in [2.05, 4.69) is 21.8 Å². The summed E-state index contributed by atoms with van der Waals surface area (Å²) in [5, 5.41) is 9.51. The van der Waals surface area contributed by atoms with E-state index in [1.165, 1.54) is 17.7 Å². The fourth-order valence-corrected chi connectivity index (χ4v) is 8.76. The van der Waals surface area contributed by atoms with Crippen molar-refractivity contribution >= 4 is 34.6 Å². The van der Waals surface area contributed by atoms with Gasteiger partial charge in [-0.25, -0.2) is 9.59 Å². The van der Waals surface area contributed by atoms with Crippen molar-refractivity contribution in [3.05, 3.63) is 63.0 Å². The predicted octanol–water partition coefficient (Wildman–Crippen LogP) is 4.86. The summed E-state index contributed by atoms with van der Waals surface area (Å²) in [5.74, 6) is -1.59. The Hall–Kier alpha value is -3.75. The molecule has 2 N–H and O–H groups in total. The first-order valence-corrected chi connectivity index (χ1v) is 17.7. The normalized spacial score (nSPS) is 24.5. The Balaban J connectivity index is 1.05. The largest absolute Gasteiger partial charge is 0.506 e. The molecule has 2 bridgehead atoms. The number of benzene rings is 2. The Morgan fingerprint density at radius 2 is 1.60 bits per heavy atom. The van der Waals surface area contributed by atoms with Gasteiger partial charge in [0.25, 0.3) is 5.91 Å². The molecule has 4 saturated heterocycles. The number of aromatic hydroxyl groups is 1. The van der Waals surface area contributed by atoms with Crippen molar-refractivity contribution in [2.45, 2.75) is 81.4 Å². The van der Waals surface area contributed by atoms with Crippen molar-refractivity contribution in [1.82, 2.24) is 29.2 Å². The number of likely N-dealkylation sites (tertiary alicyclic amines) is 1. The number of alkyl halides is 3. The first-order chi connectivity index (χ1) is 23.9. The number of nitrogens with zero attached hydrogens (tertiary/aromatic N) is 5. The Kier molecular flexibility index (Phi) is 9.54. The van der Waals surface area contributed by atoms with Crippen LogP contribution in [0.25, 0.3) is 11.0 Å². The van der Waals surface area contributed by atoms with Crippen LogP contribution < -0.4 is 5.69 Å². The number of piperidine rings is 2. The van der Waals surface area contributed by atoms with Crippen LogP contribution in [0.15, 0.2) is 41.2 Å². The maximum atomic E-state index is 14.0. The van der Waals surface area contributed by atoms with Crippen molar-refractivity contribution in [2.75, 3.05) is 46.3 Å². The fourth-order valence-electron chi connectivity index (χ4n) is 8.51. The highest BCUT2D eigenvalue weighted by Gasteiger charge is 2.42. The summed E-state index contributed by atoms with van der Waals surface area (Å²) < 4.78 is 48.8. The van der Waals surface area contributed by atoms with Gasteiger partial charge in [0.2, 0.25) is 0 Å². The van der Waals surface area contributed by atoms with E-state index in [0.29, 0.717) is 57.1 Å². The second kappa shape index (κ2) is 13.8. The number of halogens is 4. The number of ether oxygens (including phenoxy) is 1. The van der Waals surface area contributed by atoms with Crippen molar-refractivity contribution < 1.29 is 32.6 Å². The maximum Gasteiger partial charge on any atom is 0.420 e. The molecule has 4 aliphatic rings. The van der Waals surface area contributed by atoms with Gasteiger partial charge in [-0.2, -0.15) is 13.2 Å². The SMILES string of the molecule is CN1C2CCC1CC(N1CCN(C(=O)[C@@H](Cc3cc(Cl)c(O)c(C(F)(F)F)c3)OC(=O)N3CCC(n4c(=O)[nH]c5ccccc54)CC3)CC1)C2. The Bertz CT molecular complexity index is 1790. The molecule has 3 aromatic rings. The van der Waals surface area contributed by atoms with Crippen molar-refractivity contribution in [3.8, 4) is 5.75 Å². The van der Waals surface area contributed by atoms with Crippen LogP contribution in [0.5, 0.6) is 5.75 Å². The number of piperazine rings is 1. The number of nitrogens with one attached hydrogen (secondary N) is 1. The van der Waals surface area contributed by atoms with Crippen LogP contribution in [0.2, 0.25) is 5.02 Å². The number of H-pyrrole nitrogens is 1. The third-order valence-corrected chi connectivity index (χ3v) is 11.6. The Morgan fingerprint density at radius 3 is 2.26 bits per heavy atom. The summed E-state index contributed by atoms with van der Waals surface area (Å²) >= 11 is 6.00. The van der Waals surface area contributed by atoms with Crippen LogP contribution in [0.4, 0.5) is 18.0 Å². The summed E-state index contributed by atoms with van der Waals surface area (Å²) in [5.41, 5.74) is -0.0508. The first-order valence-electron chi connectivity index (χ1n) is 17.4. The maximum absolute atomic E-state index is 14.0. The summed E-state index contributed by atoms with van der Waals surface area (Å²) in [6.45, 7) is 2.65. The van der Waals surface area contributed by atoms with Gasteiger partial charge in [-0.3, -0.25) is 14.3 Å². The number of phenols is 1. The highest BCUT2D eigenvalue weighted by molar-refractivity contribution is 6.32. The third-order valence-electron chi connectivity index (χ3n) is 11.3. The molecule has 2 aromatic carbocycles. The molecule has 5 heterocycles. The number of aromatic nitrogens is 2. The summed E-state index contributed by atoms with van der Waals surface area (Å²) in [6, 6.07) is 10.7. The minimum atomic E-state index is -4.89. The lowest BCUT2D eigenvalue weighted by Gasteiger charge is -2.45. The number of amides is 2. The van der Waals surface area contributed by atoms with E-state index in [-0.39, 0.29) is 36.8 Å². The van der Waals surface area contributed by atoms with E-state index in [0.717, 1.165) is 36.0 Å². The smallest absolute Gasteiger partial charge is 0.420 e. The average Bonchev–Trinajstić information content (AvgIpc) is 3.51. The van der Waals surface area contributed by atoms with Crippen LogP contribution in [0, 0.1) is 0 Å². The van der Waals surface area contributed by atoms with E-state index in [4.69, 9.17) is 16.3 Å². The quantitative estimate of drug-likeness (QED) is 0.374. The van der Waals surface area contributed by atoms with Crippen molar-refractivity contribution in [2.24, 2.45) is 0 Å². The Labute approximate surface area is 292 Å². The molecule has 2 amide bonds. The molecule has 15 heteroatoms. The van der Waals surface area contributed by atoms with Gasteiger partial charge in [0.15, 0.2) is 6.10 Å². The number of rotatable bonds is 6. The van der Waals surface area contributed by atoms with Crippen LogP contribution in [0.3, 0.4) is 0 Å². The van der Waals surface area contributed by atoms with E-state index < -0.39 is 40.6 Å². The molecule has 0 spiro atoms. The highest BCUT2D eigenvalue weighted by atomic mass is 35.5. The number of hydrogen-bond acceptors (Lipinski definition) is 7. The second-order valence-corrected chi connectivity index (χ2v) is 14.5. The van der Waals surface area contributed by atoms with E-state index >= 15 is 0 Å². The zero-order valence-corrected chi connectivity index (χ0v) is 28.6. The number of fused-ring (bicyclic) bond motifs is 3. The molecular weight excluding hydrogens is 677 g/mol. The minimum Gasteiger partial charge on any atom is -0.506 e. The summed E-state index contributed by atoms with van der Waals surface area (Å²) in [7, 11) is 2.20.